The van der Waals surface area contributed by atoms with Gasteiger partial charge in [-0.25, -0.2) is 4.98 Å². The minimum Gasteiger partial charge on any atom is -0.508 e. The molecule has 316 valence electrons. The summed E-state index contributed by atoms with van der Waals surface area (Å²) in [7, 11) is 1.90. The van der Waals surface area contributed by atoms with E-state index in [0.29, 0.717) is 24.3 Å². The number of aromatic hydroxyl groups is 1. The maximum Gasteiger partial charge on any atom is 0.307 e. The molecule has 16 heteroatoms. The SMILES string of the molecule is CCC(=O)OCN(C(=O)C(NC(=O)C1CCCCN1C)C(C)CC)C(CC(OC(C)=O)c1nc(C(=O)NC(Cc2ccc(O)cc2)CC(C)C(=O)O)cs1)C(C)C. The smallest absolute Gasteiger partial charge is 0.307 e. The van der Waals surface area contributed by atoms with Crippen LogP contribution in [0.5, 0.6) is 5.75 Å². The number of carbonyl (C=O) groups is 6. The number of thiazole rings is 1. The third-order valence-corrected chi connectivity index (χ3v) is 11.5. The number of benzene rings is 1. The molecule has 3 rings (SSSR count). The van der Waals surface area contributed by atoms with Crippen LogP contribution in [0.15, 0.2) is 29.6 Å². The van der Waals surface area contributed by atoms with E-state index >= 15 is 0 Å². The molecule has 7 atom stereocenters. The predicted octanol–water partition coefficient (Wildman–Crippen LogP) is 5.07. The molecule has 0 spiro atoms. The number of aromatic nitrogens is 1. The van der Waals surface area contributed by atoms with Crippen molar-refractivity contribution < 1.29 is 48.5 Å². The highest BCUT2D eigenvalue weighted by atomic mass is 32.1. The predicted molar refractivity (Wildman–Crippen MR) is 214 cm³/mol. The van der Waals surface area contributed by atoms with Crippen molar-refractivity contribution in [1.82, 2.24) is 25.4 Å². The number of nitrogens with one attached hydrogen (secondary N) is 2. The van der Waals surface area contributed by atoms with Gasteiger partial charge in [0.05, 0.1) is 12.0 Å². The molecule has 1 fully saturated rings. The van der Waals surface area contributed by atoms with Crippen LogP contribution in [0.2, 0.25) is 0 Å². The number of aliphatic carboxylic acids is 1. The van der Waals surface area contributed by atoms with Crippen LogP contribution in [0.1, 0.15) is 121 Å². The average molecular weight is 816 g/mol. The van der Waals surface area contributed by atoms with Gasteiger partial charge in [-0.3, -0.25) is 33.7 Å². The number of hydrogen-bond acceptors (Lipinski definition) is 12. The van der Waals surface area contributed by atoms with Crippen molar-refractivity contribution in [2.45, 2.75) is 130 Å². The summed E-state index contributed by atoms with van der Waals surface area (Å²) in [6, 6.07) is 3.85. The molecule has 3 amide bonds. The Hall–Kier alpha value is -4.57. The first-order valence-electron chi connectivity index (χ1n) is 19.9. The maximum absolute atomic E-state index is 14.7. The van der Waals surface area contributed by atoms with Crippen LogP contribution < -0.4 is 10.6 Å². The van der Waals surface area contributed by atoms with Crippen LogP contribution in [0.4, 0.5) is 0 Å². The highest BCUT2D eigenvalue weighted by Gasteiger charge is 2.39. The van der Waals surface area contributed by atoms with E-state index in [2.05, 4.69) is 15.6 Å². The zero-order valence-electron chi connectivity index (χ0n) is 34.5. The Bertz CT molecular complexity index is 1670. The van der Waals surface area contributed by atoms with Crippen LogP contribution >= 0.6 is 11.3 Å². The normalized spacial score (nSPS) is 17.7. The number of carboxylic acids is 1. The standard InChI is InChI=1S/C41H61N5O10S/c1-9-25(5)36(44-38(51)32-13-11-12-18-45(32)8)40(52)46(23-55-35(49)10-2)33(24(3)4)21-34(56-27(7)47)39-43-31(22-57-39)37(50)42-29(19-26(6)41(53)54)20-28-14-16-30(48)17-15-28/h14-17,22,24-26,29,32-34,36,48H,9-13,18-21,23H2,1-8H3,(H,42,50)(H,44,51)(H,53,54). The molecule has 7 unspecified atom stereocenters. The summed E-state index contributed by atoms with van der Waals surface area (Å²) in [5.41, 5.74) is 0.813. The summed E-state index contributed by atoms with van der Waals surface area (Å²) in [5.74, 6) is -4.58. The first-order chi connectivity index (χ1) is 26.9. The lowest BCUT2D eigenvalue weighted by Crippen LogP contribution is -2.59. The maximum atomic E-state index is 14.7. The number of carbonyl (C=O) groups excluding carboxylic acids is 5. The lowest BCUT2D eigenvalue weighted by Gasteiger charge is -2.39. The van der Waals surface area contributed by atoms with E-state index in [1.807, 2.05) is 39.6 Å². The molecule has 1 aliphatic rings. The molecule has 57 heavy (non-hydrogen) atoms. The molecule has 0 radical (unpaired) electrons. The van der Waals surface area contributed by atoms with Gasteiger partial charge in [-0.15, -0.1) is 11.3 Å². The molecular weight excluding hydrogens is 755 g/mol. The van der Waals surface area contributed by atoms with E-state index in [9.17, 15) is 39.0 Å². The molecule has 1 aromatic carbocycles. The third-order valence-electron chi connectivity index (χ3n) is 10.6. The molecule has 2 aromatic rings. The molecule has 0 aliphatic carbocycles. The topological polar surface area (TPSA) is 205 Å². The highest BCUT2D eigenvalue weighted by Crippen LogP contribution is 2.32. The third kappa shape index (κ3) is 14.1. The number of ether oxygens (including phenoxy) is 2. The van der Waals surface area contributed by atoms with Gasteiger partial charge in [0.25, 0.3) is 5.91 Å². The summed E-state index contributed by atoms with van der Waals surface area (Å²) in [6.45, 7) is 12.4. The minimum absolute atomic E-state index is 0.0315. The largest absolute Gasteiger partial charge is 0.508 e. The van der Waals surface area contributed by atoms with E-state index in [0.717, 1.165) is 36.3 Å². The fraction of sp³-hybridized carbons (Fsp3) is 0.634. The molecule has 2 heterocycles. The Morgan fingerprint density at radius 2 is 1.70 bits per heavy atom. The van der Waals surface area contributed by atoms with Crippen LogP contribution in [0.25, 0.3) is 0 Å². The fourth-order valence-corrected chi connectivity index (χ4v) is 7.74. The van der Waals surface area contributed by atoms with E-state index in [1.165, 1.54) is 29.3 Å². The van der Waals surface area contributed by atoms with E-state index in [4.69, 9.17) is 9.47 Å². The molecule has 0 saturated carbocycles. The number of esters is 2. The zero-order valence-corrected chi connectivity index (χ0v) is 35.3. The Morgan fingerprint density at radius 3 is 2.28 bits per heavy atom. The number of hydrogen-bond donors (Lipinski definition) is 4. The lowest BCUT2D eigenvalue weighted by atomic mass is 9.92. The van der Waals surface area contributed by atoms with Crippen LogP contribution in [0, 0.1) is 17.8 Å². The van der Waals surface area contributed by atoms with Crippen molar-refractivity contribution in [1.29, 1.82) is 0 Å². The molecule has 15 nitrogen and oxygen atoms in total. The minimum atomic E-state index is -1.01. The summed E-state index contributed by atoms with van der Waals surface area (Å²) >= 11 is 1.09. The second-order valence-electron chi connectivity index (χ2n) is 15.4. The van der Waals surface area contributed by atoms with Gasteiger partial charge in [-0.05, 0) is 68.8 Å². The number of likely N-dealkylation sites (tertiary alicyclic amines) is 1. The van der Waals surface area contributed by atoms with Gasteiger partial charge in [0.15, 0.2) is 12.8 Å². The number of phenols is 1. The summed E-state index contributed by atoms with van der Waals surface area (Å²) < 4.78 is 11.4. The summed E-state index contributed by atoms with van der Waals surface area (Å²) in [6.07, 6.45) is 2.69. The zero-order chi connectivity index (χ0) is 42.4. The quantitative estimate of drug-likeness (QED) is 0.0963. The molecule has 1 aromatic heterocycles. The van der Waals surface area contributed by atoms with Crippen LogP contribution in [-0.2, 0) is 39.9 Å². The average Bonchev–Trinajstić information content (AvgIpc) is 3.67. The lowest BCUT2D eigenvalue weighted by molar-refractivity contribution is -0.160. The number of amides is 3. The summed E-state index contributed by atoms with van der Waals surface area (Å²) in [4.78, 5) is 86.6. The fourth-order valence-electron chi connectivity index (χ4n) is 6.90. The van der Waals surface area contributed by atoms with Gasteiger partial charge < -0.3 is 35.2 Å². The van der Waals surface area contributed by atoms with Crippen molar-refractivity contribution in [2.24, 2.45) is 17.8 Å². The number of rotatable bonds is 21. The molecule has 4 N–H and O–H groups in total. The second-order valence-corrected chi connectivity index (χ2v) is 16.3. The number of nitrogens with zero attached hydrogens (tertiary/aromatic N) is 3. The summed E-state index contributed by atoms with van der Waals surface area (Å²) in [5, 5.41) is 27.0. The Balaban J connectivity index is 1.94. The number of piperidine rings is 1. The second kappa shape index (κ2) is 22.4. The molecule has 1 saturated heterocycles. The van der Waals surface area contributed by atoms with Crippen molar-refractivity contribution in [2.75, 3.05) is 20.3 Å². The monoisotopic (exact) mass is 815 g/mol. The Labute approximate surface area is 339 Å². The molecular formula is C41H61N5O10S. The Kier molecular flexibility index (Phi) is 18.4. The van der Waals surface area contributed by atoms with E-state index < -0.39 is 66.6 Å². The van der Waals surface area contributed by atoms with Gasteiger partial charge in [0, 0.05) is 37.2 Å². The van der Waals surface area contributed by atoms with Gasteiger partial charge in [-0.2, -0.15) is 0 Å². The molecule has 0 bridgehead atoms. The number of carboxylic acid groups (broad SMARTS) is 1. The molecule has 1 aliphatic heterocycles. The van der Waals surface area contributed by atoms with Crippen molar-refractivity contribution in [3.8, 4) is 5.75 Å². The highest BCUT2D eigenvalue weighted by molar-refractivity contribution is 7.09. The van der Waals surface area contributed by atoms with E-state index in [1.54, 1.807) is 26.0 Å². The van der Waals surface area contributed by atoms with Crippen molar-refractivity contribution in [3.63, 3.8) is 0 Å². The Morgan fingerprint density at radius 1 is 1.02 bits per heavy atom. The van der Waals surface area contributed by atoms with Crippen molar-refractivity contribution in [3.05, 3.63) is 45.9 Å². The van der Waals surface area contributed by atoms with Crippen LogP contribution in [-0.4, -0.2) is 105 Å². The van der Waals surface area contributed by atoms with Gasteiger partial charge in [-0.1, -0.05) is 66.5 Å². The van der Waals surface area contributed by atoms with Gasteiger partial charge >= 0.3 is 17.9 Å². The van der Waals surface area contributed by atoms with Crippen LogP contribution in [0.3, 0.4) is 0 Å². The first-order valence-corrected chi connectivity index (χ1v) is 20.7. The van der Waals surface area contributed by atoms with Crippen molar-refractivity contribution >= 4 is 47.0 Å². The van der Waals surface area contributed by atoms with E-state index in [-0.39, 0.29) is 54.5 Å². The number of likely N-dealkylation sites (N-methyl/N-ethyl adjacent to an activating group) is 1. The number of phenolic OH excluding ortho intramolecular Hbond substituents is 1. The first kappa shape index (κ1) is 46.8. The van der Waals surface area contributed by atoms with Gasteiger partial charge in [0.2, 0.25) is 11.8 Å². The van der Waals surface area contributed by atoms with Gasteiger partial charge in [0.1, 0.15) is 22.5 Å².